The quantitative estimate of drug-likeness (QED) is 0.169. The summed E-state index contributed by atoms with van der Waals surface area (Å²) in [4.78, 5) is 10.8. The van der Waals surface area contributed by atoms with Gasteiger partial charge in [-0.1, -0.05) is 176 Å². The van der Waals surface area contributed by atoms with Gasteiger partial charge >= 0.3 is 0 Å². The summed E-state index contributed by atoms with van der Waals surface area (Å²) in [6, 6.07) is 68.3. The number of imidazole rings is 2. The van der Waals surface area contributed by atoms with Crippen LogP contribution in [0.1, 0.15) is 5.69 Å². The van der Waals surface area contributed by atoms with Crippen LogP contribution in [0.5, 0.6) is 0 Å². The molecule has 0 fully saturated rings. The minimum absolute atomic E-state index is 0.969. The number of pyridine rings is 2. The Kier molecular flexibility index (Phi) is 6.62. The van der Waals surface area contributed by atoms with E-state index in [0.29, 0.717) is 0 Å². The van der Waals surface area contributed by atoms with Crippen molar-refractivity contribution in [2.45, 2.75) is 6.92 Å². The van der Waals surface area contributed by atoms with Crippen molar-refractivity contribution in [1.29, 1.82) is 0 Å². The molecular formula is C55H34N4. The molecule has 0 amide bonds. The Balaban J connectivity index is 1.14. The highest BCUT2D eigenvalue weighted by molar-refractivity contribution is 6.26. The lowest BCUT2D eigenvalue weighted by molar-refractivity contribution is 1.27. The molecule has 4 heterocycles. The molecule has 4 heteroatoms. The van der Waals surface area contributed by atoms with Crippen molar-refractivity contribution < 1.29 is 0 Å². The second-order valence-electron chi connectivity index (χ2n) is 15.7. The van der Waals surface area contributed by atoms with Gasteiger partial charge in [0.15, 0.2) is 0 Å². The molecule has 4 aromatic heterocycles. The number of rotatable bonds is 3. The van der Waals surface area contributed by atoms with Crippen LogP contribution in [-0.2, 0) is 0 Å². The van der Waals surface area contributed by atoms with Crippen LogP contribution in [0.2, 0.25) is 0 Å². The van der Waals surface area contributed by atoms with Gasteiger partial charge in [-0.15, -0.1) is 0 Å². The average Bonchev–Trinajstić information content (AvgIpc) is 3.89. The number of benzene rings is 9. The second kappa shape index (κ2) is 12.1. The summed E-state index contributed by atoms with van der Waals surface area (Å²) in [7, 11) is 0. The van der Waals surface area contributed by atoms with Crippen molar-refractivity contribution in [3.8, 4) is 33.5 Å². The number of hydrogen-bond acceptors (Lipinski definition) is 2. The van der Waals surface area contributed by atoms with E-state index in [1.54, 1.807) is 0 Å². The molecule has 0 N–H and O–H groups in total. The Hall–Kier alpha value is -7.82. The van der Waals surface area contributed by atoms with Crippen LogP contribution in [0.25, 0.3) is 121 Å². The van der Waals surface area contributed by atoms with Crippen LogP contribution < -0.4 is 0 Å². The molecule has 0 bridgehead atoms. The third kappa shape index (κ3) is 4.48. The summed E-state index contributed by atoms with van der Waals surface area (Å²) in [5.74, 6) is 0. The van der Waals surface area contributed by atoms with Gasteiger partial charge in [0.05, 0.1) is 33.5 Å². The van der Waals surface area contributed by atoms with Gasteiger partial charge in [-0.3, -0.25) is 8.80 Å². The molecule has 274 valence electrons. The normalized spacial score (nSPS) is 12.2. The summed E-state index contributed by atoms with van der Waals surface area (Å²) >= 11 is 0. The van der Waals surface area contributed by atoms with Crippen LogP contribution >= 0.6 is 0 Å². The Morgan fingerprint density at radius 3 is 1.42 bits per heavy atom. The predicted octanol–water partition coefficient (Wildman–Crippen LogP) is 14.4. The lowest BCUT2D eigenvalue weighted by atomic mass is 9.96. The maximum Gasteiger partial charge on any atom is 0.146 e. The lowest BCUT2D eigenvalue weighted by Gasteiger charge is -2.16. The number of fused-ring (bicyclic) bond motifs is 19. The van der Waals surface area contributed by atoms with Gasteiger partial charge in [0.25, 0.3) is 0 Å². The van der Waals surface area contributed by atoms with E-state index in [4.69, 9.17) is 9.97 Å². The van der Waals surface area contributed by atoms with E-state index in [9.17, 15) is 0 Å². The SMILES string of the molecule is Cc1nc2c3ccccc3c3ccc(-c4ccc5c6ccccc6c6nc7c8ccccc8c8ccccc8c7n6c5c4)cc3n2c1-c1ccccc1-c1ccccc1. The molecular weight excluding hydrogens is 717 g/mol. The van der Waals surface area contributed by atoms with Gasteiger partial charge in [-0.2, -0.15) is 0 Å². The number of hydrogen-bond donors (Lipinski definition) is 0. The van der Waals surface area contributed by atoms with E-state index >= 15 is 0 Å². The van der Waals surface area contributed by atoms with E-state index < -0.39 is 0 Å². The minimum atomic E-state index is 0.969. The van der Waals surface area contributed by atoms with Crippen molar-refractivity contribution >= 4 is 87.2 Å². The molecule has 0 saturated carbocycles. The average molecular weight is 751 g/mol. The monoisotopic (exact) mass is 750 g/mol. The van der Waals surface area contributed by atoms with Gasteiger partial charge in [0.1, 0.15) is 11.3 Å². The fraction of sp³-hybridized carbons (Fsp3) is 0.0182. The molecule has 13 aromatic rings. The predicted molar refractivity (Wildman–Crippen MR) is 248 cm³/mol. The molecule has 59 heavy (non-hydrogen) atoms. The van der Waals surface area contributed by atoms with Gasteiger partial charge in [0, 0.05) is 37.9 Å². The van der Waals surface area contributed by atoms with Crippen molar-refractivity contribution in [1.82, 2.24) is 18.8 Å². The van der Waals surface area contributed by atoms with Gasteiger partial charge < -0.3 is 0 Å². The molecule has 4 nitrogen and oxygen atoms in total. The molecule has 13 rings (SSSR count). The van der Waals surface area contributed by atoms with E-state index in [2.05, 4.69) is 204 Å². The molecule has 0 aliphatic carbocycles. The molecule has 0 atom stereocenters. The van der Waals surface area contributed by atoms with Crippen molar-refractivity contribution in [3.05, 3.63) is 194 Å². The molecule has 0 radical (unpaired) electrons. The first-order valence-corrected chi connectivity index (χ1v) is 20.3. The van der Waals surface area contributed by atoms with Crippen molar-refractivity contribution in [3.63, 3.8) is 0 Å². The van der Waals surface area contributed by atoms with Crippen LogP contribution in [0, 0.1) is 6.92 Å². The Labute approximate surface area is 338 Å². The number of aromatic nitrogens is 4. The van der Waals surface area contributed by atoms with Crippen LogP contribution in [0.15, 0.2) is 188 Å². The Morgan fingerprint density at radius 1 is 0.339 bits per heavy atom. The molecule has 0 saturated heterocycles. The fourth-order valence-corrected chi connectivity index (χ4v) is 10.0. The minimum Gasteiger partial charge on any atom is -0.291 e. The number of aryl methyl sites for hydroxylation is 1. The fourth-order valence-electron chi connectivity index (χ4n) is 10.0. The van der Waals surface area contributed by atoms with Crippen LogP contribution in [0.3, 0.4) is 0 Å². The summed E-state index contributed by atoms with van der Waals surface area (Å²) < 4.78 is 4.83. The van der Waals surface area contributed by atoms with E-state index in [-0.39, 0.29) is 0 Å². The maximum absolute atomic E-state index is 5.50. The van der Waals surface area contributed by atoms with E-state index in [1.807, 2.05) is 0 Å². The lowest BCUT2D eigenvalue weighted by Crippen LogP contribution is -1.97. The van der Waals surface area contributed by atoms with Gasteiger partial charge in [-0.05, 0) is 62.9 Å². The second-order valence-corrected chi connectivity index (χ2v) is 15.7. The highest BCUT2D eigenvalue weighted by Gasteiger charge is 2.22. The summed E-state index contributed by atoms with van der Waals surface area (Å²) in [5, 5.41) is 11.9. The third-order valence-corrected chi connectivity index (χ3v) is 12.6. The Morgan fingerprint density at radius 2 is 0.797 bits per heavy atom. The zero-order valence-corrected chi connectivity index (χ0v) is 32.2. The topological polar surface area (TPSA) is 34.6 Å². The first-order valence-electron chi connectivity index (χ1n) is 20.3. The van der Waals surface area contributed by atoms with E-state index in [1.165, 1.54) is 54.2 Å². The summed E-state index contributed by atoms with van der Waals surface area (Å²) in [5.41, 5.74) is 14.3. The smallest absolute Gasteiger partial charge is 0.146 e. The molecule has 0 spiro atoms. The zero-order valence-electron chi connectivity index (χ0n) is 32.2. The van der Waals surface area contributed by atoms with E-state index in [0.717, 1.165) is 72.2 Å². The van der Waals surface area contributed by atoms with Crippen LogP contribution in [0.4, 0.5) is 0 Å². The van der Waals surface area contributed by atoms with Crippen molar-refractivity contribution in [2.24, 2.45) is 0 Å². The highest BCUT2D eigenvalue weighted by atomic mass is 15.0. The molecule has 0 unspecified atom stereocenters. The largest absolute Gasteiger partial charge is 0.291 e. The van der Waals surface area contributed by atoms with Crippen molar-refractivity contribution in [2.75, 3.05) is 0 Å². The zero-order chi connectivity index (χ0) is 38.8. The highest BCUT2D eigenvalue weighted by Crippen LogP contribution is 2.43. The maximum atomic E-state index is 5.50. The first kappa shape index (κ1) is 32.3. The Bertz CT molecular complexity index is 3910. The third-order valence-electron chi connectivity index (χ3n) is 12.6. The first-order chi connectivity index (χ1) is 29.2. The summed E-state index contributed by atoms with van der Waals surface area (Å²) in [6.07, 6.45) is 0. The summed E-state index contributed by atoms with van der Waals surface area (Å²) in [6.45, 7) is 2.15. The van der Waals surface area contributed by atoms with Crippen LogP contribution in [-0.4, -0.2) is 18.8 Å². The van der Waals surface area contributed by atoms with Gasteiger partial charge in [-0.25, -0.2) is 9.97 Å². The molecule has 9 aromatic carbocycles. The molecule has 0 aliphatic rings. The molecule has 0 aliphatic heterocycles. The van der Waals surface area contributed by atoms with Gasteiger partial charge in [0.2, 0.25) is 0 Å². The number of nitrogens with zero attached hydrogens (tertiary/aromatic N) is 4. The standard InChI is InChI=1S/C55H34N4/c1-33-52(45-23-11-5-17-37(45)34-15-3-2-4-16-34)58-49-31-35(27-29-42(49)40-20-8-13-25-47(40)54(58)56-33)36-28-30-43-41-21-9-14-26-48(41)55-57-51-44-22-10-6-18-38(44)39-19-7-12-24-46(39)53(51)59(55)50(43)32-36/h2-32H,1H3.